The molecule has 152 valence electrons. The second kappa shape index (κ2) is 7.28. The normalized spacial score (nSPS) is 20.9. The van der Waals surface area contributed by atoms with Crippen LogP contribution in [0.1, 0.15) is 42.5 Å². The molecule has 11 heteroatoms. The number of nitrogens with zero attached hydrogens (tertiary/aromatic N) is 7. The fourth-order valence-corrected chi connectivity index (χ4v) is 5.11. The molecule has 2 aliphatic heterocycles. The number of piperidine rings is 1. The lowest BCUT2D eigenvalue weighted by Crippen LogP contribution is -2.42. The van der Waals surface area contributed by atoms with Crippen molar-refractivity contribution in [3.8, 4) is 0 Å². The maximum absolute atomic E-state index is 12.6. The topological polar surface area (TPSA) is 106 Å². The maximum Gasteiger partial charge on any atom is 0.244 e. The van der Waals surface area contributed by atoms with Crippen molar-refractivity contribution >= 4 is 15.9 Å². The van der Waals surface area contributed by atoms with Gasteiger partial charge in [-0.15, -0.1) is 10.2 Å². The summed E-state index contributed by atoms with van der Waals surface area (Å²) >= 11 is 0. The van der Waals surface area contributed by atoms with E-state index in [0.29, 0.717) is 37.8 Å². The van der Waals surface area contributed by atoms with Crippen molar-refractivity contribution in [2.24, 2.45) is 0 Å². The molecule has 4 heterocycles. The molecule has 0 radical (unpaired) electrons. The molecule has 0 bridgehead atoms. The summed E-state index contributed by atoms with van der Waals surface area (Å²) < 4.78 is 29.5. The Morgan fingerprint density at radius 2 is 2.04 bits per heavy atom. The zero-order valence-corrected chi connectivity index (χ0v) is 17.0. The van der Waals surface area contributed by atoms with E-state index in [2.05, 4.69) is 15.3 Å². The zero-order chi connectivity index (χ0) is 19.9. The van der Waals surface area contributed by atoms with E-state index in [0.717, 1.165) is 24.8 Å². The third-order valence-corrected chi connectivity index (χ3v) is 6.66. The second-order valence-electron chi connectivity index (χ2n) is 7.54. The number of carbonyl (C=O) groups is 1. The Labute approximate surface area is 164 Å². The minimum Gasteiger partial charge on any atom is -0.332 e. The molecule has 0 saturated carbocycles. The summed E-state index contributed by atoms with van der Waals surface area (Å²) in [5, 5.41) is 12.8. The molecule has 0 aliphatic carbocycles. The van der Waals surface area contributed by atoms with E-state index in [-0.39, 0.29) is 18.5 Å². The summed E-state index contributed by atoms with van der Waals surface area (Å²) in [6, 6.07) is -0.278. The third kappa shape index (κ3) is 3.68. The molecule has 1 atom stereocenters. The maximum atomic E-state index is 12.6. The van der Waals surface area contributed by atoms with E-state index in [1.54, 1.807) is 15.8 Å². The summed E-state index contributed by atoms with van der Waals surface area (Å²) in [5.74, 6) is 1.37. The van der Waals surface area contributed by atoms with Crippen molar-refractivity contribution in [1.82, 2.24) is 33.8 Å². The Kier molecular flexibility index (Phi) is 4.96. The molecule has 1 amide bonds. The van der Waals surface area contributed by atoms with E-state index in [9.17, 15) is 13.2 Å². The van der Waals surface area contributed by atoms with Gasteiger partial charge in [0.25, 0.3) is 0 Å². The first kappa shape index (κ1) is 19.1. The summed E-state index contributed by atoms with van der Waals surface area (Å²) in [5.41, 5.74) is 1.01. The zero-order valence-electron chi connectivity index (χ0n) is 16.2. The minimum absolute atomic E-state index is 0.0191. The highest BCUT2D eigenvalue weighted by molar-refractivity contribution is 7.88. The average Bonchev–Trinajstić information content (AvgIpc) is 3.26. The smallest absolute Gasteiger partial charge is 0.244 e. The molecule has 1 fully saturated rings. The molecule has 0 N–H and O–H groups in total. The first-order chi connectivity index (χ1) is 13.3. The molecule has 2 aromatic heterocycles. The molecule has 1 saturated heterocycles. The third-order valence-electron chi connectivity index (χ3n) is 5.37. The molecular formula is C17H25N7O3S. The number of aryl methyl sites for hydroxylation is 1. The summed E-state index contributed by atoms with van der Waals surface area (Å²) in [7, 11) is -3.31. The van der Waals surface area contributed by atoms with Gasteiger partial charge < -0.3 is 9.47 Å². The molecule has 28 heavy (non-hydrogen) atoms. The van der Waals surface area contributed by atoms with Crippen LogP contribution in [0.3, 0.4) is 0 Å². The molecule has 10 nitrogen and oxygen atoms in total. The van der Waals surface area contributed by atoms with E-state index in [1.807, 2.05) is 17.7 Å². The summed E-state index contributed by atoms with van der Waals surface area (Å²) in [6.45, 7) is 4.12. The SMILES string of the molecule is Cc1cnn(CC(=O)N2CCn3c(nnc3C3CCCCN3S(C)(=O)=O)C2)c1. The standard InChI is InChI=1S/C17H25N7O3S/c1-13-9-18-22(10-13)12-16(25)21-7-8-23-15(11-21)19-20-17(23)14-5-3-4-6-24(14)28(2,26)27/h9-10,14H,3-8,11-12H2,1-2H3. The van der Waals surface area contributed by atoms with Crippen LogP contribution in [-0.2, 0) is 34.5 Å². The van der Waals surface area contributed by atoms with E-state index in [1.165, 1.54) is 10.6 Å². The Bertz CT molecular complexity index is 981. The first-order valence-corrected chi connectivity index (χ1v) is 11.3. The van der Waals surface area contributed by atoms with E-state index in [4.69, 9.17) is 0 Å². The van der Waals surface area contributed by atoms with Crippen LogP contribution in [-0.4, -0.2) is 67.4 Å². The highest BCUT2D eigenvalue weighted by Gasteiger charge is 2.36. The second-order valence-corrected chi connectivity index (χ2v) is 9.48. The quantitative estimate of drug-likeness (QED) is 0.722. The van der Waals surface area contributed by atoms with Gasteiger partial charge in [-0.2, -0.15) is 9.40 Å². The highest BCUT2D eigenvalue weighted by atomic mass is 32.2. The minimum atomic E-state index is -3.31. The number of hydrogen-bond acceptors (Lipinski definition) is 6. The van der Waals surface area contributed by atoms with Crippen LogP contribution < -0.4 is 0 Å². The van der Waals surface area contributed by atoms with Gasteiger partial charge in [0.1, 0.15) is 6.54 Å². The molecule has 1 unspecified atom stereocenters. The number of carbonyl (C=O) groups excluding carboxylic acids is 1. The van der Waals surface area contributed by atoms with Crippen molar-refractivity contribution < 1.29 is 13.2 Å². The predicted octanol–water partition coefficient (Wildman–Crippen LogP) is 0.312. The van der Waals surface area contributed by atoms with Gasteiger partial charge in [0.05, 0.1) is 25.0 Å². The molecule has 2 aromatic rings. The van der Waals surface area contributed by atoms with Gasteiger partial charge in [0.15, 0.2) is 11.6 Å². The lowest BCUT2D eigenvalue weighted by Gasteiger charge is -2.34. The Balaban J connectivity index is 1.51. The molecule has 0 aromatic carbocycles. The fourth-order valence-electron chi connectivity index (χ4n) is 3.99. The largest absolute Gasteiger partial charge is 0.332 e. The molecule has 2 aliphatic rings. The van der Waals surface area contributed by atoms with Crippen molar-refractivity contribution in [2.75, 3.05) is 19.3 Å². The lowest BCUT2D eigenvalue weighted by atomic mass is 10.0. The van der Waals surface area contributed by atoms with E-state index < -0.39 is 10.0 Å². The molecule has 0 spiro atoms. The van der Waals surface area contributed by atoms with Gasteiger partial charge in [0.2, 0.25) is 15.9 Å². The lowest BCUT2D eigenvalue weighted by molar-refractivity contribution is -0.133. The van der Waals surface area contributed by atoms with Crippen LogP contribution >= 0.6 is 0 Å². The van der Waals surface area contributed by atoms with Gasteiger partial charge in [0, 0.05) is 25.8 Å². The molecule has 4 rings (SSSR count). The highest BCUT2D eigenvalue weighted by Crippen LogP contribution is 2.32. The summed E-state index contributed by atoms with van der Waals surface area (Å²) in [4.78, 5) is 14.3. The number of rotatable bonds is 4. The van der Waals surface area contributed by atoms with Gasteiger partial charge in [-0.25, -0.2) is 8.42 Å². The Morgan fingerprint density at radius 1 is 1.21 bits per heavy atom. The van der Waals surface area contributed by atoms with Crippen molar-refractivity contribution in [2.45, 2.75) is 51.9 Å². The van der Waals surface area contributed by atoms with Crippen LogP contribution in [0.25, 0.3) is 0 Å². The van der Waals surface area contributed by atoms with Crippen molar-refractivity contribution in [3.63, 3.8) is 0 Å². The van der Waals surface area contributed by atoms with Crippen LogP contribution in [0.2, 0.25) is 0 Å². The number of aromatic nitrogens is 5. The van der Waals surface area contributed by atoms with E-state index >= 15 is 0 Å². The van der Waals surface area contributed by atoms with Crippen LogP contribution in [0.4, 0.5) is 0 Å². The number of hydrogen-bond donors (Lipinski definition) is 0. The van der Waals surface area contributed by atoms with Crippen LogP contribution in [0, 0.1) is 6.92 Å². The fraction of sp³-hybridized carbons (Fsp3) is 0.647. The van der Waals surface area contributed by atoms with Gasteiger partial charge in [-0.05, 0) is 25.3 Å². The predicted molar refractivity (Wildman–Crippen MR) is 101 cm³/mol. The van der Waals surface area contributed by atoms with Crippen LogP contribution in [0.15, 0.2) is 12.4 Å². The van der Waals surface area contributed by atoms with Gasteiger partial charge in [-0.3, -0.25) is 9.48 Å². The Morgan fingerprint density at radius 3 is 2.75 bits per heavy atom. The first-order valence-electron chi connectivity index (χ1n) is 9.48. The van der Waals surface area contributed by atoms with Gasteiger partial charge in [-0.1, -0.05) is 6.42 Å². The van der Waals surface area contributed by atoms with Gasteiger partial charge >= 0.3 is 0 Å². The van der Waals surface area contributed by atoms with Crippen molar-refractivity contribution in [1.29, 1.82) is 0 Å². The van der Waals surface area contributed by atoms with Crippen molar-refractivity contribution in [3.05, 3.63) is 29.6 Å². The number of sulfonamides is 1. The molecular weight excluding hydrogens is 382 g/mol. The number of fused-ring (bicyclic) bond motifs is 1. The average molecular weight is 408 g/mol. The monoisotopic (exact) mass is 407 g/mol. The Hall–Kier alpha value is -2.27. The van der Waals surface area contributed by atoms with Crippen LogP contribution in [0.5, 0.6) is 0 Å². The summed E-state index contributed by atoms with van der Waals surface area (Å²) in [6.07, 6.45) is 7.38. The number of amides is 1.